The van der Waals surface area contributed by atoms with Crippen LogP contribution in [0, 0.1) is 0 Å². The van der Waals surface area contributed by atoms with Gasteiger partial charge in [-0.3, -0.25) is 4.90 Å². The lowest BCUT2D eigenvalue weighted by molar-refractivity contribution is 0.231. The van der Waals surface area contributed by atoms with Crippen LogP contribution in [-0.4, -0.2) is 46.0 Å². The third kappa shape index (κ3) is 3.36. The summed E-state index contributed by atoms with van der Waals surface area (Å²) in [7, 11) is 0. The van der Waals surface area contributed by atoms with Gasteiger partial charge in [-0.1, -0.05) is 17.7 Å². The number of aromatic nitrogens is 3. The van der Waals surface area contributed by atoms with Crippen molar-refractivity contribution in [1.82, 2.24) is 25.2 Å². The van der Waals surface area contributed by atoms with Crippen LogP contribution in [0.1, 0.15) is 5.69 Å². The van der Waals surface area contributed by atoms with Gasteiger partial charge in [-0.05, 0) is 24.3 Å². The highest BCUT2D eigenvalue weighted by Crippen LogP contribution is 2.25. The van der Waals surface area contributed by atoms with E-state index in [0.29, 0.717) is 5.02 Å². The van der Waals surface area contributed by atoms with Crippen LogP contribution in [0.4, 0.5) is 11.5 Å². The van der Waals surface area contributed by atoms with Crippen molar-refractivity contribution in [1.29, 1.82) is 0 Å². The number of rotatable bonds is 4. The topological polar surface area (TPSA) is 68.9 Å². The SMILES string of the molecule is Clc1cccc(Nc2ncnc3[nH]c(CN4CCNCC4)cc23)c1. The van der Waals surface area contributed by atoms with E-state index in [9.17, 15) is 0 Å². The second kappa shape index (κ2) is 6.76. The Labute approximate surface area is 145 Å². The summed E-state index contributed by atoms with van der Waals surface area (Å²) in [5.41, 5.74) is 2.91. The maximum atomic E-state index is 6.05. The third-order valence-electron chi connectivity index (χ3n) is 4.17. The number of benzene rings is 1. The van der Waals surface area contributed by atoms with Gasteiger partial charge in [0.15, 0.2) is 0 Å². The molecule has 1 aliphatic rings. The van der Waals surface area contributed by atoms with Gasteiger partial charge >= 0.3 is 0 Å². The Balaban J connectivity index is 1.59. The molecular weight excluding hydrogens is 324 g/mol. The number of hydrogen-bond acceptors (Lipinski definition) is 5. The largest absolute Gasteiger partial charge is 0.342 e. The molecule has 0 aliphatic carbocycles. The number of anilines is 2. The van der Waals surface area contributed by atoms with Crippen molar-refractivity contribution in [3.8, 4) is 0 Å². The minimum atomic E-state index is 0.693. The Morgan fingerprint density at radius 3 is 2.88 bits per heavy atom. The zero-order valence-corrected chi connectivity index (χ0v) is 14.0. The first-order valence-corrected chi connectivity index (χ1v) is 8.44. The van der Waals surface area contributed by atoms with Crippen LogP contribution in [0.5, 0.6) is 0 Å². The Morgan fingerprint density at radius 2 is 2.04 bits per heavy atom. The molecule has 1 fully saturated rings. The summed E-state index contributed by atoms with van der Waals surface area (Å²) >= 11 is 6.05. The summed E-state index contributed by atoms with van der Waals surface area (Å²) in [6.45, 7) is 5.11. The van der Waals surface area contributed by atoms with Crippen molar-refractivity contribution in [2.75, 3.05) is 31.5 Å². The summed E-state index contributed by atoms with van der Waals surface area (Å²) in [5.74, 6) is 0.782. The summed E-state index contributed by atoms with van der Waals surface area (Å²) in [6, 6.07) is 9.74. The molecule has 1 aromatic carbocycles. The van der Waals surface area contributed by atoms with E-state index >= 15 is 0 Å². The molecule has 6 nitrogen and oxygen atoms in total. The average Bonchev–Trinajstić information content (AvgIpc) is 2.99. The fourth-order valence-electron chi connectivity index (χ4n) is 2.99. The minimum Gasteiger partial charge on any atom is -0.342 e. The van der Waals surface area contributed by atoms with E-state index in [0.717, 1.165) is 61.0 Å². The molecule has 124 valence electrons. The highest BCUT2D eigenvalue weighted by atomic mass is 35.5. The zero-order chi connectivity index (χ0) is 16.4. The molecule has 1 aliphatic heterocycles. The summed E-state index contributed by atoms with van der Waals surface area (Å²) < 4.78 is 0. The molecule has 2 aromatic heterocycles. The smallest absolute Gasteiger partial charge is 0.143 e. The highest BCUT2D eigenvalue weighted by Gasteiger charge is 2.13. The van der Waals surface area contributed by atoms with E-state index in [-0.39, 0.29) is 0 Å². The van der Waals surface area contributed by atoms with Crippen LogP contribution >= 0.6 is 11.6 Å². The number of nitrogens with one attached hydrogen (secondary N) is 3. The van der Waals surface area contributed by atoms with Crippen molar-refractivity contribution in [2.24, 2.45) is 0 Å². The highest BCUT2D eigenvalue weighted by molar-refractivity contribution is 6.30. The molecule has 3 heterocycles. The summed E-state index contributed by atoms with van der Waals surface area (Å²) in [5, 5.41) is 8.38. The standard InChI is InChI=1S/C17H19ClN6/c18-12-2-1-3-13(8-12)22-16-15-9-14(23-17(15)21-11-20-16)10-24-6-4-19-5-7-24/h1-3,8-9,11,19H,4-7,10H2,(H2,20,21,22,23). The quantitative estimate of drug-likeness (QED) is 0.680. The molecule has 0 amide bonds. The normalized spacial score (nSPS) is 15.7. The van der Waals surface area contributed by atoms with E-state index in [4.69, 9.17) is 11.6 Å². The van der Waals surface area contributed by atoms with Gasteiger partial charge in [0.05, 0.1) is 5.39 Å². The van der Waals surface area contributed by atoms with Gasteiger partial charge in [0.1, 0.15) is 17.8 Å². The number of nitrogens with zero attached hydrogens (tertiary/aromatic N) is 3. The molecule has 3 aromatic rings. The number of fused-ring (bicyclic) bond motifs is 1. The maximum Gasteiger partial charge on any atom is 0.143 e. The van der Waals surface area contributed by atoms with Gasteiger partial charge in [-0.25, -0.2) is 9.97 Å². The van der Waals surface area contributed by atoms with Crippen molar-refractivity contribution in [2.45, 2.75) is 6.54 Å². The van der Waals surface area contributed by atoms with E-state index in [1.807, 2.05) is 24.3 Å². The summed E-state index contributed by atoms with van der Waals surface area (Å²) in [4.78, 5) is 14.6. The first kappa shape index (κ1) is 15.4. The molecule has 1 saturated heterocycles. The van der Waals surface area contributed by atoms with Crippen LogP contribution in [-0.2, 0) is 6.54 Å². The molecule has 7 heteroatoms. The van der Waals surface area contributed by atoms with Crippen molar-refractivity contribution in [3.63, 3.8) is 0 Å². The van der Waals surface area contributed by atoms with Gasteiger partial charge in [0.25, 0.3) is 0 Å². The fraction of sp³-hybridized carbons (Fsp3) is 0.294. The van der Waals surface area contributed by atoms with E-state index < -0.39 is 0 Å². The predicted molar refractivity (Wildman–Crippen MR) is 96.8 cm³/mol. The molecule has 24 heavy (non-hydrogen) atoms. The minimum absolute atomic E-state index is 0.693. The van der Waals surface area contributed by atoms with Crippen LogP contribution in [0.25, 0.3) is 11.0 Å². The van der Waals surface area contributed by atoms with E-state index in [1.54, 1.807) is 6.33 Å². The lowest BCUT2D eigenvalue weighted by Gasteiger charge is -2.26. The molecule has 0 bridgehead atoms. The average molecular weight is 343 g/mol. The van der Waals surface area contributed by atoms with E-state index in [2.05, 4.69) is 36.6 Å². The summed E-state index contributed by atoms with van der Waals surface area (Å²) in [6.07, 6.45) is 1.57. The number of H-pyrrole nitrogens is 1. The Hall–Kier alpha value is -2.15. The van der Waals surface area contributed by atoms with Crippen molar-refractivity contribution in [3.05, 3.63) is 47.4 Å². The van der Waals surface area contributed by atoms with Crippen molar-refractivity contribution < 1.29 is 0 Å². The molecule has 0 unspecified atom stereocenters. The molecule has 0 saturated carbocycles. The maximum absolute atomic E-state index is 6.05. The Kier molecular flexibility index (Phi) is 4.34. The predicted octanol–water partition coefficient (Wildman–Crippen LogP) is 2.76. The van der Waals surface area contributed by atoms with Gasteiger partial charge in [0, 0.05) is 49.1 Å². The molecule has 0 spiro atoms. The van der Waals surface area contributed by atoms with E-state index in [1.165, 1.54) is 0 Å². The van der Waals surface area contributed by atoms with Crippen LogP contribution in [0.3, 0.4) is 0 Å². The lowest BCUT2D eigenvalue weighted by atomic mass is 10.3. The third-order valence-corrected chi connectivity index (χ3v) is 4.41. The monoisotopic (exact) mass is 342 g/mol. The first-order valence-electron chi connectivity index (χ1n) is 8.06. The lowest BCUT2D eigenvalue weighted by Crippen LogP contribution is -2.42. The van der Waals surface area contributed by atoms with Gasteiger partial charge in [-0.15, -0.1) is 0 Å². The fourth-order valence-corrected chi connectivity index (χ4v) is 3.18. The van der Waals surface area contributed by atoms with Gasteiger partial charge in [-0.2, -0.15) is 0 Å². The number of piperazine rings is 1. The van der Waals surface area contributed by atoms with Gasteiger partial charge in [0.2, 0.25) is 0 Å². The molecule has 0 radical (unpaired) electrons. The van der Waals surface area contributed by atoms with Crippen LogP contribution < -0.4 is 10.6 Å². The Morgan fingerprint density at radius 1 is 1.17 bits per heavy atom. The van der Waals surface area contributed by atoms with Crippen LogP contribution in [0.2, 0.25) is 5.02 Å². The molecule has 4 rings (SSSR count). The zero-order valence-electron chi connectivity index (χ0n) is 13.2. The van der Waals surface area contributed by atoms with Crippen LogP contribution in [0.15, 0.2) is 36.7 Å². The Bertz CT molecular complexity index is 840. The first-order chi connectivity index (χ1) is 11.8. The number of aromatic amines is 1. The second-order valence-corrected chi connectivity index (χ2v) is 6.38. The molecule has 0 atom stereocenters. The number of hydrogen-bond donors (Lipinski definition) is 3. The van der Waals surface area contributed by atoms with Gasteiger partial charge < -0.3 is 15.6 Å². The molecule has 3 N–H and O–H groups in total. The molecular formula is C17H19ClN6. The van der Waals surface area contributed by atoms with Crippen molar-refractivity contribution >= 4 is 34.1 Å². The number of halogens is 1. The second-order valence-electron chi connectivity index (χ2n) is 5.94.